The number of alkyl halides is 1. The van der Waals surface area contributed by atoms with Crippen LogP contribution in [0.2, 0.25) is 5.02 Å². The predicted molar refractivity (Wildman–Crippen MR) is 75.6 cm³/mol. The number of thiophene rings is 1. The Labute approximate surface area is 119 Å². The van der Waals surface area contributed by atoms with E-state index in [1.807, 2.05) is 12.3 Å². The van der Waals surface area contributed by atoms with Crippen LogP contribution in [0.1, 0.15) is 15.2 Å². The van der Waals surface area contributed by atoms with E-state index in [1.54, 1.807) is 19.1 Å². The molecule has 0 bridgehead atoms. The number of halogens is 2. The minimum absolute atomic E-state index is 0.0475. The number of methoxy groups -OCH3 is 1. The third-order valence-corrected chi connectivity index (χ3v) is 4.50. The topological polar surface area (TPSA) is 29.5 Å². The highest BCUT2D eigenvalue weighted by atomic mass is 79.9. The van der Waals surface area contributed by atoms with Crippen LogP contribution in [0.5, 0.6) is 0 Å². The second kappa shape index (κ2) is 6.73. The van der Waals surface area contributed by atoms with Gasteiger partial charge in [0.05, 0.1) is 16.5 Å². The minimum Gasteiger partial charge on any atom is -0.383 e. The highest BCUT2D eigenvalue weighted by Crippen LogP contribution is 2.28. The smallest absolute Gasteiger partial charge is 0.265 e. The highest BCUT2D eigenvalue weighted by Gasteiger charge is 2.20. The number of hydrogen-bond donors (Lipinski definition) is 0. The molecule has 96 valence electrons. The summed E-state index contributed by atoms with van der Waals surface area (Å²) in [6, 6.07) is 0. The summed E-state index contributed by atoms with van der Waals surface area (Å²) >= 11 is 10.9. The maximum absolute atomic E-state index is 12.1. The van der Waals surface area contributed by atoms with E-state index in [-0.39, 0.29) is 10.7 Å². The normalized spacial score (nSPS) is 12.5. The second-order valence-electron chi connectivity index (χ2n) is 3.80. The number of rotatable bonds is 5. The first-order chi connectivity index (χ1) is 7.97. The van der Waals surface area contributed by atoms with Crippen molar-refractivity contribution in [3.63, 3.8) is 0 Å². The summed E-state index contributed by atoms with van der Waals surface area (Å²) in [7, 11) is 3.40. The van der Waals surface area contributed by atoms with Crippen molar-refractivity contribution in [1.82, 2.24) is 4.90 Å². The molecular weight excluding hydrogens is 326 g/mol. The summed E-state index contributed by atoms with van der Waals surface area (Å²) in [4.78, 5) is 14.5. The molecule has 3 nitrogen and oxygen atoms in total. The molecule has 0 saturated carbocycles. The predicted octanol–water partition coefficient (Wildman–Crippen LogP) is 3.19. The van der Waals surface area contributed by atoms with Gasteiger partial charge in [0.1, 0.15) is 4.88 Å². The molecule has 1 aromatic heterocycles. The lowest BCUT2D eigenvalue weighted by Gasteiger charge is -2.19. The van der Waals surface area contributed by atoms with Crippen LogP contribution in [0, 0.1) is 6.92 Å². The van der Waals surface area contributed by atoms with Crippen LogP contribution in [0.25, 0.3) is 0 Å². The van der Waals surface area contributed by atoms with E-state index in [0.717, 1.165) is 5.56 Å². The Morgan fingerprint density at radius 2 is 2.35 bits per heavy atom. The number of amides is 1. The molecule has 1 amide bonds. The molecule has 0 aromatic carbocycles. The first kappa shape index (κ1) is 15.0. The molecule has 1 rings (SSSR count). The Kier molecular flexibility index (Phi) is 5.92. The molecule has 0 radical (unpaired) electrons. The van der Waals surface area contributed by atoms with Crippen molar-refractivity contribution in [1.29, 1.82) is 0 Å². The van der Waals surface area contributed by atoms with Gasteiger partial charge in [0.15, 0.2) is 0 Å². The summed E-state index contributed by atoms with van der Waals surface area (Å²) in [5.41, 5.74) is 0.945. The number of hydrogen-bond acceptors (Lipinski definition) is 3. The summed E-state index contributed by atoms with van der Waals surface area (Å²) < 4.78 is 5.01. The molecule has 0 spiro atoms. The molecule has 0 aliphatic heterocycles. The molecular formula is C11H15BrClNO2S. The van der Waals surface area contributed by atoms with E-state index in [2.05, 4.69) is 15.9 Å². The number of carbonyl (C=O) groups excluding carboxylic acids is 1. The molecule has 0 N–H and O–H groups in total. The zero-order valence-electron chi connectivity index (χ0n) is 10.00. The third-order valence-electron chi connectivity index (χ3n) is 2.26. The molecule has 0 fully saturated rings. The monoisotopic (exact) mass is 339 g/mol. The minimum atomic E-state index is -0.0475. The van der Waals surface area contributed by atoms with Gasteiger partial charge in [-0.15, -0.1) is 11.3 Å². The van der Waals surface area contributed by atoms with Gasteiger partial charge in [-0.05, 0) is 17.9 Å². The average Bonchev–Trinajstić information content (AvgIpc) is 2.59. The first-order valence-electron chi connectivity index (χ1n) is 5.09. The summed E-state index contributed by atoms with van der Waals surface area (Å²) in [5.74, 6) is -0.0475. The number of carbonyl (C=O) groups is 1. The summed E-state index contributed by atoms with van der Waals surface area (Å²) in [6.45, 7) is 3.04. The third kappa shape index (κ3) is 3.95. The van der Waals surface area contributed by atoms with Crippen molar-refractivity contribution in [2.75, 3.05) is 27.3 Å². The molecule has 1 atom stereocenters. The van der Waals surface area contributed by atoms with Gasteiger partial charge in [-0.1, -0.05) is 27.5 Å². The average molecular weight is 341 g/mol. The maximum Gasteiger partial charge on any atom is 0.265 e. The second-order valence-corrected chi connectivity index (χ2v) is 6.35. The van der Waals surface area contributed by atoms with Crippen LogP contribution in [0.3, 0.4) is 0 Å². The largest absolute Gasteiger partial charge is 0.383 e. The molecule has 0 aliphatic rings. The van der Waals surface area contributed by atoms with Gasteiger partial charge >= 0.3 is 0 Å². The Hall–Kier alpha value is -0.100. The van der Waals surface area contributed by atoms with E-state index in [1.165, 1.54) is 11.3 Å². The van der Waals surface area contributed by atoms with Gasteiger partial charge in [0, 0.05) is 20.7 Å². The van der Waals surface area contributed by atoms with Crippen LogP contribution in [0.4, 0.5) is 0 Å². The standard InChI is InChI=1S/C11H15BrClNO2S/c1-7-6-17-10(9(7)13)11(15)14(2)4-8(12)5-16-3/h6,8H,4-5H2,1-3H3. The molecule has 1 unspecified atom stereocenters. The SMILES string of the molecule is COCC(Br)CN(C)C(=O)c1scc(C)c1Cl. The fraction of sp³-hybridized carbons (Fsp3) is 0.545. The lowest BCUT2D eigenvalue weighted by molar-refractivity contribution is 0.0789. The van der Waals surface area contributed by atoms with Crippen molar-refractivity contribution >= 4 is 44.8 Å². The van der Waals surface area contributed by atoms with Gasteiger partial charge in [-0.25, -0.2) is 0 Å². The maximum atomic E-state index is 12.1. The molecule has 0 aliphatic carbocycles. The van der Waals surface area contributed by atoms with E-state index in [0.29, 0.717) is 23.1 Å². The van der Waals surface area contributed by atoms with Crippen LogP contribution >= 0.6 is 38.9 Å². The van der Waals surface area contributed by atoms with Gasteiger partial charge in [-0.3, -0.25) is 4.79 Å². The number of nitrogens with zero attached hydrogens (tertiary/aromatic N) is 1. The van der Waals surface area contributed by atoms with Crippen LogP contribution < -0.4 is 0 Å². The van der Waals surface area contributed by atoms with E-state index in [4.69, 9.17) is 16.3 Å². The summed E-state index contributed by atoms with van der Waals surface area (Å²) in [5, 5.41) is 2.45. The van der Waals surface area contributed by atoms with Gasteiger partial charge in [0.25, 0.3) is 5.91 Å². The Morgan fingerprint density at radius 3 is 2.82 bits per heavy atom. The Bertz CT molecular complexity index is 397. The van der Waals surface area contributed by atoms with Crippen molar-refractivity contribution in [3.05, 3.63) is 20.8 Å². The summed E-state index contributed by atoms with van der Waals surface area (Å²) in [6.07, 6.45) is 0. The lowest BCUT2D eigenvalue weighted by atomic mass is 10.3. The van der Waals surface area contributed by atoms with Gasteiger partial charge in [0.2, 0.25) is 0 Å². The molecule has 1 aromatic rings. The molecule has 1 heterocycles. The molecule has 6 heteroatoms. The van der Waals surface area contributed by atoms with Crippen molar-refractivity contribution in [3.8, 4) is 0 Å². The van der Waals surface area contributed by atoms with Gasteiger partial charge < -0.3 is 9.64 Å². The van der Waals surface area contributed by atoms with Crippen LogP contribution in [-0.4, -0.2) is 42.9 Å². The Balaban J connectivity index is 2.67. The molecule has 0 saturated heterocycles. The van der Waals surface area contributed by atoms with E-state index in [9.17, 15) is 4.79 Å². The quantitative estimate of drug-likeness (QED) is 0.770. The van der Waals surface area contributed by atoms with Crippen molar-refractivity contribution in [2.45, 2.75) is 11.8 Å². The van der Waals surface area contributed by atoms with Crippen molar-refractivity contribution in [2.24, 2.45) is 0 Å². The van der Waals surface area contributed by atoms with E-state index >= 15 is 0 Å². The molecule has 17 heavy (non-hydrogen) atoms. The van der Waals surface area contributed by atoms with E-state index < -0.39 is 0 Å². The fourth-order valence-electron chi connectivity index (χ4n) is 1.36. The first-order valence-corrected chi connectivity index (χ1v) is 7.26. The zero-order chi connectivity index (χ0) is 13.0. The van der Waals surface area contributed by atoms with Crippen molar-refractivity contribution < 1.29 is 9.53 Å². The van der Waals surface area contributed by atoms with Crippen LogP contribution in [-0.2, 0) is 4.74 Å². The number of aryl methyl sites for hydroxylation is 1. The van der Waals surface area contributed by atoms with Crippen LogP contribution in [0.15, 0.2) is 5.38 Å². The Morgan fingerprint density at radius 1 is 1.71 bits per heavy atom. The fourth-order valence-corrected chi connectivity index (χ4v) is 3.33. The lowest BCUT2D eigenvalue weighted by Crippen LogP contribution is -2.33. The zero-order valence-corrected chi connectivity index (χ0v) is 13.2. The van der Waals surface area contributed by atoms with Gasteiger partial charge in [-0.2, -0.15) is 0 Å². The number of ether oxygens (including phenoxy) is 1. The highest BCUT2D eigenvalue weighted by molar-refractivity contribution is 9.09.